The molecule has 0 aromatic carbocycles. The smallest absolute Gasteiger partial charge is 0.317 e. The number of nitrogens with one attached hydrogen (secondary N) is 2. The molecule has 6 nitrogen and oxygen atoms in total. The molecule has 4 fully saturated rings. The number of carbonyl (C=O) groups excluding carboxylic acids is 2. The van der Waals surface area contributed by atoms with E-state index in [1.54, 1.807) is 0 Å². The first-order valence-corrected chi connectivity index (χ1v) is 7.31. The molecule has 2 bridgehead atoms. The van der Waals surface area contributed by atoms with Gasteiger partial charge < -0.3 is 20.4 Å². The fourth-order valence-corrected chi connectivity index (χ4v) is 4.14. The standard InChI is InChI=1S/C13H20N4O2/c18-12(10-5-8-1-2-11(10)15-8)16-3-4-17-9(7-16)6-14-13(17)19/h8-11,15H,1-7H2,(H,14,19). The van der Waals surface area contributed by atoms with E-state index in [9.17, 15) is 9.59 Å². The van der Waals surface area contributed by atoms with E-state index in [1.165, 1.54) is 6.42 Å². The zero-order valence-corrected chi connectivity index (χ0v) is 11.0. The van der Waals surface area contributed by atoms with E-state index in [1.807, 2.05) is 9.80 Å². The fraction of sp³-hybridized carbons (Fsp3) is 0.846. The minimum absolute atomic E-state index is 0.0266. The molecule has 3 amide bonds. The lowest BCUT2D eigenvalue weighted by Gasteiger charge is -2.38. The number of urea groups is 1. The van der Waals surface area contributed by atoms with Crippen molar-refractivity contribution in [3.8, 4) is 0 Å². The van der Waals surface area contributed by atoms with Crippen LogP contribution in [-0.2, 0) is 4.79 Å². The number of rotatable bonds is 1. The molecule has 0 aromatic rings. The summed E-state index contributed by atoms with van der Waals surface area (Å²) in [6.07, 6.45) is 3.37. The van der Waals surface area contributed by atoms with Crippen molar-refractivity contribution in [2.75, 3.05) is 26.2 Å². The molecule has 0 spiro atoms. The van der Waals surface area contributed by atoms with Gasteiger partial charge in [0, 0.05) is 38.3 Å². The van der Waals surface area contributed by atoms with Crippen LogP contribution >= 0.6 is 0 Å². The minimum atomic E-state index is 0.0266. The van der Waals surface area contributed by atoms with Gasteiger partial charge in [0.05, 0.1) is 12.0 Å². The summed E-state index contributed by atoms with van der Waals surface area (Å²) in [5.41, 5.74) is 0. The van der Waals surface area contributed by atoms with Crippen molar-refractivity contribution in [3.05, 3.63) is 0 Å². The maximum absolute atomic E-state index is 12.6. The van der Waals surface area contributed by atoms with Gasteiger partial charge in [-0.3, -0.25) is 4.79 Å². The summed E-state index contributed by atoms with van der Waals surface area (Å²) in [6.45, 7) is 2.75. The van der Waals surface area contributed by atoms with Crippen molar-refractivity contribution < 1.29 is 9.59 Å². The van der Waals surface area contributed by atoms with Crippen LogP contribution in [-0.4, -0.2) is 66.0 Å². The molecule has 4 aliphatic rings. The van der Waals surface area contributed by atoms with Crippen LogP contribution in [0.3, 0.4) is 0 Å². The van der Waals surface area contributed by atoms with Crippen LogP contribution in [0, 0.1) is 5.92 Å². The van der Waals surface area contributed by atoms with E-state index in [4.69, 9.17) is 0 Å². The Labute approximate surface area is 112 Å². The van der Waals surface area contributed by atoms with Crippen molar-refractivity contribution in [2.24, 2.45) is 5.92 Å². The highest BCUT2D eigenvalue weighted by molar-refractivity contribution is 5.82. The van der Waals surface area contributed by atoms with Crippen LogP contribution in [0.15, 0.2) is 0 Å². The lowest BCUT2D eigenvalue weighted by Crippen LogP contribution is -2.55. The van der Waals surface area contributed by atoms with Gasteiger partial charge in [0.15, 0.2) is 0 Å². The van der Waals surface area contributed by atoms with E-state index >= 15 is 0 Å². The Morgan fingerprint density at radius 3 is 2.89 bits per heavy atom. The van der Waals surface area contributed by atoms with Crippen molar-refractivity contribution in [3.63, 3.8) is 0 Å². The van der Waals surface area contributed by atoms with Crippen LogP contribution in [0.5, 0.6) is 0 Å². The van der Waals surface area contributed by atoms with Gasteiger partial charge in [-0.05, 0) is 19.3 Å². The number of piperazine rings is 1. The zero-order valence-electron chi connectivity index (χ0n) is 11.0. The summed E-state index contributed by atoms with van der Waals surface area (Å²) in [7, 11) is 0. The first-order valence-electron chi connectivity index (χ1n) is 7.31. The predicted octanol–water partition coefficient (Wildman–Crippen LogP) is -0.637. The maximum Gasteiger partial charge on any atom is 0.317 e. The second-order valence-corrected chi connectivity index (χ2v) is 6.21. The Bertz CT molecular complexity index is 427. The molecule has 104 valence electrons. The van der Waals surface area contributed by atoms with Crippen LogP contribution in [0.1, 0.15) is 19.3 Å². The zero-order chi connectivity index (χ0) is 13.0. The van der Waals surface area contributed by atoms with E-state index in [-0.39, 0.29) is 18.0 Å². The number of hydrogen-bond acceptors (Lipinski definition) is 3. The topological polar surface area (TPSA) is 64.7 Å². The highest BCUT2D eigenvalue weighted by atomic mass is 16.2. The van der Waals surface area contributed by atoms with Crippen LogP contribution in [0.25, 0.3) is 0 Å². The molecule has 4 rings (SSSR count). The molecular weight excluding hydrogens is 244 g/mol. The van der Waals surface area contributed by atoms with Gasteiger partial charge in [-0.2, -0.15) is 0 Å². The normalized spacial score (nSPS) is 40.5. The molecule has 4 aliphatic heterocycles. The highest BCUT2D eigenvalue weighted by Crippen LogP contribution is 2.34. The minimum Gasteiger partial charge on any atom is -0.338 e. The second-order valence-electron chi connectivity index (χ2n) is 6.21. The van der Waals surface area contributed by atoms with E-state index in [2.05, 4.69) is 10.6 Å². The van der Waals surface area contributed by atoms with Crippen LogP contribution in [0.4, 0.5) is 4.79 Å². The largest absolute Gasteiger partial charge is 0.338 e. The van der Waals surface area contributed by atoms with Gasteiger partial charge in [-0.25, -0.2) is 4.79 Å². The summed E-state index contributed by atoms with van der Waals surface area (Å²) in [5, 5.41) is 6.38. The third-order valence-corrected chi connectivity index (χ3v) is 5.16. The maximum atomic E-state index is 12.6. The molecule has 4 heterocycles. The van der Waals surface area contributed by atoms with Crippen molar-refractivity contribution in [1.82, 2.24) is 20.4 Å². The van der Waals surface area contributed by atoms with E-state index < -0.39 is 0 Å². The third-order valence-electron chi connectivity index (χ3n) is 5.16. The van der Waals surface area contributed by atoms with Crippen LogP contribution in [0.2, 0.25) is 0 Å². The summed E-state index contributed by atoms with van der Waals surface area (Å²) in [5.74, 6) is 0.481. The molecule has 0 saturated carbocycles. The third kappa shape index (κ3) is 1.73. The van der Waals surface area contributed by atoms with E-state index in [0.29, 0.717) is 44.2 Å². The molecule has 0 aliphatic carbocycles. The molecule has 0 aromatic heterocycles. The fourth-order valence-electron chi connectivity index (χ4n) is 4.14. The Morgan fingerprint density at radius 1 is 1.26 bits per heavy atom. The molecule has 6 heteroatoms. The molecular formula is C13H20N4O2. The summed E-state index contributed by atoms with van der Waals surface area (Å²) in [6, 6.07) is 1.17. The molecule has 0 radical (unpaired) electrons. The van der Waals surface area contributed by atoms with Gasteiger partial charge in [-0.15, -0.1) is 0 Å². The number of amides is 3. The molecule has 19 heavy (non-hydrogen) atoms. The predicted molar refractivity (Wildman–Crippen MR) is 68.5 cm³/mol. The van der Waals surface area contributed by atoms with Gasteiger partial charge in [-0.1, -0.05) is 0 Å². The Kier molecular flexibility index (Phi) is 2.48. The van der Waals surface area contributed by atoms with Crippen molar-refractivity contribution in [2.45, 2.75) is 37.4 Å². The summed E-state index contributed by atoms with van der Waals surface area (Å²) >= 11 is 0. The van der Waals surface area contributed by atoms with Gasteiger partial charge in [0.1, 0.15) is 0 Å². The molecule has 2 N–H and O–H groups in total. The van der Waals surface area contributed by atoms with E-state index in [0.717, 1.165) is 12.8 Å². The Hall–Kier alpha value is -1.30. The first-order chi connectivity index (χ1) is 9.22. The number of carbonyl (C=O) groups is 2. The Balaban J connectivity index is 1.43. The number of fused-ring (bicyclic) bond motifs is 3. The lowest BCUT2D eigenvalue weighted by molar-refractivity contribution is -0.138. The molecule has 4 atom stereocenters. The average molecular weight is 264 g/mol. The summed E-state index contributed by atoms with van der Waals surface area (Å²) in [4.78, 5) is 28.0. The SMILES string of the molecule is O=C(C1CC2CCC1N2)N1CCN2C(=O)NCC2C1. The highest BCUT2D eigenvalue weighted by Gasteiger charge is 2.46. The quantitative estimate of drug-likeness (QED) is 0.662. The van der Waals surface area contributed by atoms with Crippen molar-refractivity contribution in [1.29, 1.82) is 0 Å². The average Bonchev–Trinajstić information content (AvgIpc) is 3.13. The van der Waals surface area contributed by atoms with Gasteiger partial charge >= 0.3 is 6.03 Å². The Morgan fingerprint density at radius 2 is 2.16 bits per heavy atom. The monoisotopic (exact) mass is 264 g/mol. The summed E-state index contributed by atoms with van der Waals surface area (Å²) < 4.78 is 0. The molecule has 4 unspecified atom stereocenters. The second kappa shape index (κ2) is 4.10. The number of nitrogens with zero attached hydrogens (tertiary/aromatic N) is 2. The van der Waals surface area contributed by atoms with Crippen LogP contribution < -0.4 is 10.6 Å². The molecule has 4 saturated heterocycles. The van der Waals surface area contributed by atoms with Crippen molar-refractivity contribution >= 4 is 11.9 Å². The first kappa shape index (κ1) is 11.5. The van der Waals surface area contributed by atoms with Gasteiger partial charge in [0.25, 0.3) is 0 Å². The number of hydrogen-bond donors (Lipinski definition) is 2. The lowest BCUT2D eigenvalue weighted by atomic mass is 9.88. The van der Waals surface area contributed by atoms with Gasteiger partial charge in [0.2, 0.25) is 5.91 Å².